The smallest absolute Gasteiger partial charge is 0.426 e. The summed E-state index contributed by atoms with van der Waals surface area (Å²) in [7, 11) is 0. The zero-order valence-electron chi connectivity index (χ0n) is 6.37. The number of hydrazine groups is 1. The number of hydrogen-bond acceptors (Lipinski definition) is 3. The summed E-state index contributed by atoms with van der Waals surface area (Å²) in [6, 6.07) is 0. The van der Waals surface area contributed by atoms with Crippen LogP contribution in [0.5, 0.6) is 0 Å². The third-order valence-corrected chi connectivity index (χ3v) is 1.42. The van der Waals surface area contributed by atoms with Gasteiger partial charge in [0.2, 0.25) is 0 Å². The summed E-state index contributed by atoms with van der Waals surface area (Å²) in [5.41, 5.74) is 3.54. The van der Waals surface area contributed by atoms with Crippen LogP contribution in [0.15, 0.2) is 0 Å². The fraction of sp³-hybridized carbons (Fsp3) is 0.667. The Kier molecular flexibility index (Phi) is 2.73. The molecule has 0 bridgehead atoms. The van der Waals surface area contributed by atoms with Gasteiger partial charge in [0.1, 0.15) is 0 Å². The van der Waals surface area contributed by atoms with E-state index in [0.717, 1.165) is 12.8 Å². The van der Waals surface area contributed by atoms with Gasteiger partial charge in [0, 0.05) is 0 Å². The van der Waals surface area contributed by atoms with Gasteiger partial charge in [-0.1, -0.05) is 0 Å². The van der Waals surface area contributed by atoms with Gasteiger partial charge >= 0.3 is 12.2 Å². The summed E-state index contributed by atoms with van der Waals surface area (Å²) in [5, 5.41) is 8.07. The van der Waals surface area contributed by atoms with Crippen molar-refractivity contribution in [2.45, 2.75) is 12.8 Å². The largest absolute Gasteiger partial charge is 0.464 e. The maximum absolute atomic E-state index is 10.6. The first-order valence-electron chi connectivity index (χ1n) is 3.60. The molecule has 0 aromatic carbocycles. The SMILES string of the molecule is O=C(O)NNC(=O)OCC1CC1. The molecule has 1 fully saturated rings. The number of rotatable bonds is 2. The van der Waals surface area contributed by atoms with Crippen LogP contribution in [0, 0.1) is 5.92 Å². The maximum atomic E-state index is 10.6. The quantitative estimate of drug-likeness (QED) is 0.525. The first kappa shape index (κ1) is 8.63. The van der Waals surface area contributed by atoms with E-state index in [2.05, 4.69) is 4.74 Å². The lowest BCUT2D eigenvalue weighted by Crippen LogP contribution is -2.41. The Morgan fingerprint density at radius 1 is 1.42 bits per heavy atom. The van der Waals surface area contributed by atoms with Crippen LogP contribution in [0.2, 0.25) is 0 Å². The Balaban J connectivity index is 1.98. The molecule has 0 saturated heterocycles. The van der Waals surface area contributed by atoms with Crippen LogP contribution in [0.3, 0.4) is 0 Å². The van der Waals surface area contributed by atoms with Gasteiger partial charge in [0.25, 0.3) is 0 Å². The Bertz CT molecular complexity index is 190. The van der Waals surface area contributed by atoms with Crippen molar-refractivity contribution in [3.63, 3.8) is 0 Å². The van der Waals surface area contributed by atoms with E-state index in [0.29, 0.717) is 12.5 Å². The molecule has 1 rings (SSSR count). The van der Waals surface area contributed by atoms with Crippen LogP contribution in [-0.2, 0) is 4.74 Å². The van der Waals surface area contributed by atoms with Gasteiger partial charge < -0.3 is 9.84 Å². The van der Waals surface area contributed by atoms with E-state index in [1.54, 1.807) is 5.43 Å². The Hall–Kier alpha value is -1.46. The minimum absolute atomic E-state index is 0.368. The van der Waals surface area contributed by atoms with Crippen LogP contribution >= 0.6 is 0 Å². The van der Waals surface area contributed by atoms with Gasteiger partial charge in [0.15, 0.2) is 0 Å². The molecular formula is C6H10N2O4. The van der Waals surface area contributed by atoms with Crippen LogP contribution < -0.4 is 10.9 Å². The summed E-state index contributed by atoms with van der Waals surface area (Å²) >= 11 is 0. The van der Waals surface area contributed by atoms with Crippen LogP contribution in [0.25, 0.3) is 0 Å². The number of nitrogens with one attached hydrogen (secondary N) is 2. The number of hydrogen-bond donors (Lipinski definition) is 3. The van der Waals surface area contributed by atoms with E-state index in [1.807, 2.05) is 5.43 Å². The van der Waals surface area contributed by atoms with Gasteiger partial charge in [0.05, 0.1) is 6.61 Å². The van der Waals surface area contributed by atoms with Crippen molar-refractivity contribution in [3.05, 3.63) is 0 Å². The second-order valence-electron chi connectivity index (χ2n) is 2.60. The standard InChI is InChI=1S/C6H10N2O4/c9-5(10)7-8-6(11)12-3-4-1-2-4/h4,7H,1-3H2,(H,8,11)(H,9,10). The lowest BCUT2D eigenvalue weighted by Gasteiger charge is -2.04. The molecule has 1 aliphatic rings. The third kappa shape index (κ3) is 3.65. The highest BCUT2D eigenvalue weighted by Gasteiger charge is 2.22. The Morgan fingerprint density at radius 3 is 2.58 bits per heavy atom. The molecular weight excluding hydrogens is 164 g/mol. The molecule has 0 aliphatic heterocycles. The topological polar surface area (TPSA) is 87.7 Å². The molecule has 6 nitrogen and oxygen atoms in total. The fourth-order valence-corrected chi connectivity index (χ4v) is 0.619. The molecule has 68 valence electrons. The molecule has 0 heterocycles. The summed E-state index contributed by atoms with van der Waals surface area (Å²) in [5.74, 6) is 0.473. The zero-order valence-corrected chi connectivity index (χ0v) is 6.37. The van der Waals surface area contributed by atoms with E-state index in [1.165, 1.54) is 0 Å². The molecule has 0 atom stereocenters. The monoisotopic (exact) mass is 174 g/mol. The van der Waals surface area contributed by atoms with Gasteiger partial charge in [-0.3, -0.25) is 0 Å². The van der Waals surface area contributed by atoms with Gasteiger partial charge in [-0.05, 0) is 18.8 Å². The molecule has 3 N–H and O–H groups in total. The fourth-order valence-electron chi connectivity index (χ4n) is 0.619. The lowest BCUT2D eigenvalue weighted by atomic mass is 10.5. The van der Waals surface area contributed by atoms with E-state index < -0.39 is 12.2 Å². The first-order valence-corrected chi connectivity index (χ1v) is 3.60. The number of carboxylic acid groups (broad SMARTS) is 1. The van der Waals surface area contributed by atoms with Crippen molar-refractivity contribution in [1.82, 2.24) is 10.9 Å². The minimum atomic E-state index is -1.32. The predicted molar refractivity (Wildman–Crippen MR) is 38.4 cm³/mol. The maximum Gasteiger partial charge on any atom is 0.426 e. The molecule has 0 aromatic heterocycles. The summed E-state index contributed by atoms with van der Waals surface area (Å²) in [6.07, 6.45) is 0.0851. The molecule has 1 aliphatic carbocycles. The van der Waals surface area contributed by atoms with Crippen molar-refractivity contribution >= 4 is 12.2 Å². The number of amides is 2. The second-order valence-corrected chi connectivity index (χ2v) is 2.60. The molecule has 1 saturated carbocycles. The van der Waals surface area contributed by atoms with E-state index in [9.17, 15) is 9.59 Å². The second kappa shape index (κ2) is 3.80. The Labute approximate surface area is 68.9 Å². The molecule has 0 radical (unpaired) electrons. The number of ether oxygens (including phenoxy) is 1. The zero-order chi connectivity index (χ0) is 8.97. The normalized spacial score (nSPS) is 15.0. The summed E-state index contributed by atoms with van der Waals surface area (Å²) in [6.45, 7) is 0.368. The average Bonchev–Trinajstić information content (AvgIpc) is 2.80. The van der Waals surface area contributed by atoms with Gasteiger partial charge in [-0.15, -0.1) is 0 Å². The first-order chi connectivity index (χ1) is 5.68. The van der Waals surface area contributed by atoms with Crippen molar-refractivity contribution in [3.8, 4) is 0 Å². The van der Waals surface area contributed by atoms with E-state index >= 15 is 0 Å². The number of carbonyl (C=O) groups is 2. The van der Waals surface area contributed by atoms with Crippen molar-refractivity contribution < 1.29 is 19.4 Å². The predicted octanol–water partition coefficient (Wildman–Crippen LogP) is 0.305. The molecule has 0 aromatic rings. The van der Waals surface area contributed by atoms with Crippen LogP contribution in [-0.4, -0.2) is 23.9 Å². The summed E-state index contributed by atoms with van der Waals surface area (Å²) in [4.78, 5) is 20.5. The van der Waals surface area contributed by atoms with Crippen LogP contribution in [0.4, 0.5) is 9.59 Å². The highest BCUT2D eigenvalue weighted by atomic mass is 16.6. The summed E-state index contributed by atoms with van der Waals surface area (Å²) < 4.78 is 4.64. The number of carbonyl (C=O) groups excluding carboxylic acids is 1. The molecule has 0 unspecified atom stereocenters. The van der Waals surface area contributed by atoms with Crippen molar-refractivity contribution in [2.75, 3.05) is 6.61 Å². The highest BCUT2D eigenvalue weighted by Crippen LogP contribution is 2.28. The average molecular weight is 174 g/mol. The third-order valence-electron chi connectivity index (χ3n) is 1.42. The lowest BCUT2D eigenvalue weighted by molar-refractivity contribution is 0.132. The molecule has 6 heteroatoms. The van der Waals surface area contributed by atoms with Gasteiger partial charge in [-0.25, -0.2) is 20.4 Å². The minimum Gasteiger partial charge on any atom is -0.464 e. The highest BCUT2D eigenvalue weighted by molar-refractivity contribution is 5.72. The van der Waals surface area contributed by atoms with Crippen LogP contribution in [0.1, 0.15) is 12.8 Å². The molecule has 12 heavy (non-hydrogen) atoms. The molecule has 2 amide bonds. The van der Waals surface area contributed by atoms with Gasteiger partial charge in [-0.2, -0.15) is 0 Å². The van der Waals surface area contributed by atoms with Crippen molar-refractivity contribution in [1.29, 1.82) is 0 Å². The van der Waals surface area contributed by atoms with E-state index in [-0.39, 0.29) is 0 Å². The Morgan fingerprint density at radius 2 is 2.08 bits per heavy atom. The van der Waals surface area contributed by atoms with E-state index in [4.69, 9.17) is 5.11 Å². The molecule has 0 spiro atoms. The van der Waals surface area contributed by atoms with Crippen molar-refractivity contribution in [2.24, 2.45) is 5.92 Å².